The molecule has 1 amide bonds. The first-order valence-electron chi connectivity index (χ1n) is 10.5. The van der Waals surface area contributed by atoms with Crippen molar-refractivity contribution < 1.29 is 9.18 Å². The fourth-order valence-corrected chi connectivity index (χ4v) is 3.95. The van der Waals surface area contributed by atoms with Crippen LogP contribution in [0.1, 0.15) is 20.3 Å². The number of amides is 1. The van der Waals surface area contributed by atoms with E-state index in [-0.39, 0.29) is 29.7 Å². The molecule has 31 heavy (non-hydrogen) atoms. The van der Waals surface area contributed by atoms with Crippen LogP contribution in [0.5, 0.6) is 0 Å². The molecule has 0 aliphatic carbocycles. The molecule has 8 heteroatoms. The van der Waals surface area contributed by atoms with Crippen molar-refractivity contribution in [3.63, 3.8) is 0 Å². The predicted molar refractivity (Wildman–Crippen MR) is 117 cm³/mol. The van der Waals surface area contributed by atoms with Crippen LogP contribution in [0.2, 0.25) is 0 Å². The number of rotatable bonds is 7. The van der Waals surface area contributed by atoms with Crippen molar-refractivity contribution >= 4 is 5.91 Å². The number of halogens is 1. The number of benzene rings is 1. The maximum Gasteiger partial charge on any atom is 0.220 e. The molecule has 2 unspecified atom stereocenters. The second kappa shape index (κ2) is 9.36. The molecular weight excluding hydrogens is 395 g/mol. The Labute approximate surface area is 181 Å². The van der Waals surface area contributed by atoms with Gasteiger partial charge in [0.05, 0.1) is 17.9 Å². The molecule has 1 aromatic carbocycles. The first-order valence-corrected chi connectivity index (χ1v) is 10.5. The van der Waals surface area contributed by atoms with E-state index in [9.17, 15) is 9.18 Å². The van der Waals surface area contributed by atoms with Crippen LogP contribution in [0, 0.1) is 11.7 Å². The van der Waals surface area contributed by atoms with Crippen LogP contribution >= 0.6 is 0 Å². The van der Waals surface area contributed by atoms with E-state index in [0.717, 1.165) is 22.5 Å². The van der Waals surface area contributed by atoms with Gasteiger partial charge in [-0.15, -0.1) is 0 Å². The van der Waals surface area contributed by atoms with Crippen molar-refractivity contribution in [3.05, 3.63) is 60.7 Å². The Morgan fingerprint density at radius 1 is 1.13 bits per heavy atom. The van der Waals surface area contributed by atoms with Gasteiger partial charge in [0, 0.05) is 54.5 Å². The number of carbonyl (C=O) groups excluding carboxylic acids is 1. The van der Waals surface area contributed by atoms with Crippen LogP contribution in [0.3, 0.4) is 0 Å². The molecule has 2 aromatic heterocycles. The Hall–Kier alpha value is -3.10. The molecule has 3 aromatic rings. The van der Waals surface area contributed by atoms with Gasteiger partial charge in [0.1, 0.15) is 5.82 Å². The monoisotopic (exact) mass is 422 g/mol. The highest BCUT2D eigenvalue weighted by atomic mass is 19.1. The predicted octanol–water partition coefficient (Wildman–Crippen LogP) is 2.76. The lowest BCUT2D eigenvalue weighted by Gasteiger charge is -2.17. The summed E-state index contributed by atoms with van der Waals surface area (Å²) in [6.07, 6.45) is 3.97. The average Bonchev–Trinajstić information content (AvgIpc) is 3.34. The topological polar surface area (TPSA) is 83.9 Å². The van der Waals surface area contributed by atoms with Crippen LogP contribution in [-0.2, 0) is 11.3 Å². The Morgan fingerprint density at radius 3 is 2.55 bits per heavy atom. The molecular formula is C23H27FN6O. The number of carbonyl (C=O) groups is 1. The summed E-state index contributed by atoms with van der Waals surface area (Å²) in [4.78, 5) is 16.7. The number of hydrogen-bond acceptors (Lipinski definition) is 5. The smallest absolute Gasteiger partial charge is 0.220 e. The molecule has 1 aliphatic rings. The highest BCUT2D eigenvalue weighted by Gasteiger charge is 2.31. The fraction of sp³-hybridized carbons (Fsp3) is 0.348. The molecule has 0 radical (unpaired) electrons. The summed E-state index contributed by atoms with van der Waals surface area (Å²) in [5, 5.41) is 7.72. The highest BCUT2D eigenvalue weighted by molar-refractivity contribution is 5.76. The number of hydrogen-bond donors (Lipinski definition) is 3. The number of hydrazine groups is 1. The van der Waals surface area contributed by atoms with E-state index in [1.807, 2.05) is 22.9 Å². The van der Waals surface area contributed by atoms with Crippen molar-refractivity contribution in [2.45, 2.75) is 38.9 Å². The first kappa shape index (κ1) is 21.1. The Kier molecular flexibility index (Phi) is 6.39. The van der Waals surface area contributed by atoms with Gasteiger partial charge in [-0.2, -0.15) is 5.10 Å². The molecule has 7 nitrogen and oxygen atoms in total. The van der Waals surface area contributed by atoms with Crippen molar-refractivity contribution in [1.82, 2.24) is 30.9 Å². The zero-order chi connectivity index (χ0) is 21.8. The van der Waals surface area contributed by atoms with E-state index in [1.54, 1.807) is 24.5 Å². The molecule has 162 valence electrons. The average molecular weight is 423 g/mol. The SMILES string of the molecule is CC1NNC(C)C1CC(=O)NCCn1nc(-c2ccc(F)cc2)cc1-c1cccnc1. The van der Waals surface area contributed by atoms with E-state index in [4.69, 9.17) is 5.10 Å². The largest absolute Gasteiger partial charge is 0.354 e. The van der Waals surface area contributed by atoms with E-state index in [1.165, 1.54) is 12.1 Å². The molecule has 3 N–H and O–H groups in total. The number of aromatic nitrogens is 3. The molecule has 3 heterocycles. The summed E-state index contributed by atoms with van der Waals surface area (Å²) >= 11 is 0. The zero-order valence-corrected chi connectivity index (χ0v) is 17.7. The van der Waals surface area contributed by atoms with Gasteiger partial charge in [-0.05, 0) is 56.3 Å². The zero-order valence-electron chi connectivity index (χ0n) is 17.7. The Morgan fingerprint density at radius 2 is 1.87 bits per heavy atom. The standard InChI is InChI=1S/C23H27FN6O/c1-15-20(16(2)28-27-15)12-23(31)26-10-11-30-22(18-4-3-9-25-14-18)13-21(29-30)17-5-7-19(24)8-6-17/h3-9,13-16,20,27-28H,10-12H2,1-2H3,(H,26,31). The summed E-state index contributed by atoms with van der Waals surface area (Å²) in [6, 6.07) is 12.6. The molecule has 4 rings (SSSR count). The molecule has 0 spiro atoms. The van der Waals surface area contributed by atoms with Crippen LogP contribution < -0.4 is 16.2 Å². The minimum atomic E-state index is -0.283. The van der Waals surface area contributed by atoms with Crippen LogP contribution in [-0.4, -0.2) is 39.3 Å². The van der Waals surface area contributed by atoms with Gasteiger partial charge >= 0.3 is 0 Å². The molecule has 0 saturated carbocycles. The second-order valence-corrected chi connectivity index (χ2v) is 7.97. The quantitative estimate of drug-likeness (QED) is 0.545. The summed E-state index contributed by atoms with van der Waals surface area (Å²) in [6.45, 7) is 5.14. The van der Waals surface area contributed by atoms with Gasteiger partial charge in [0.2, 0.25) is 5.91 Å². The minimum absolute atomic E-state index is 0.0306. The van der Waals surface area contributed by atoms with Crippen LogP contribution in [0.25, 0.3) is 22.5 Å². The maximum absolute atomic E-state index is 13.3. The summed E-state index contributed by atoms with van der Waals surface area (Å²) < 4.78 is 15.2. The molecule has 1 aliphatic heterocycles. The van der Waals surface area contributed by atoms with Gasteiger partial charge in [-0.1, -0.05) is 0 Å². The number of nitrogens with one attached hydrogen (secondary N) is 3. The van der Waals surface area contributed by atoms with Crippen LogP contribution in [0.15, 0.2) is 54.9 Å². The van der Waals surface area contributed by atoms with Gasteiger partial charge < -0.3 is 5.32 Å². The third-order valence-corrected chi connectivity index (χ3v) is 5.77. The van der Waals surface area contributed by atoms with Crippen molar-refractivity contribution in [2.75, 3.05) is 6.54 Å². The van der Waals surface area contributed by atoms with Crippen molar-refractivity contribution in [1.29, 1.82) is 0 Å². The second-order valence-electron chi connectivity index (χ2n) is 7.97. The van der Waals surface area contributed by atoms with Crippen molar-refractivity contribution in [2.24, 2.45) is 5.92 Å². The summed E-state index contributed by atoms with van der Waals surface area (Å²) in [7, 11) is 0. The van der Waals surface area contributed by atoms with E-state index < -0.39 is 0 Å². The number of nitrogens with zero attached hydrogens (tertiary/aromatic N) is 3. The van der Waals surface area contributed by atoms with Crippen LogP contribution in [0.4, 0.5) is 4.39 Å². The van der Waals surface area contributed by atoms with Gasteiger partial charge in [-0.25, -0.2) is 4.39 Å². The molecule has 0 bridgehead atoms. The third-order valence-electron chi connectivity index (χ3n) is 5.77. The summed E-state index contributed by atoms with van der Waals surface area (Å²) in [5.41, 5.74) is 9.77. The lowest BCUT2D eigenvalue weighted by molar-refractivity contribution is -0.122. The molecule has 1 fully saturated rings. The Balaban J connectivity index is 1.46. The summed E-state index contributed by atoms with van der Waals surface area (Å²) in [5.74, 6) is -0.00143. The van der Waals surface area contributed by atoms with Gasteiger partial charge in [0.15, 0.2) is 0 Å². The van der Waals surface area contributed by atoms with Crippen molar-refractivity contribution in [3.8, 4) is 22.5 Å². The molecule has 2 atom stereocenters. The third kappa shape index (κ3) is 4.98. The normalized spacial score (nSPS) is 20.7. The fourth-order valence-electron chi connectivity index (χ4n) is 3.95. The van der Waals surface area contributed by atoms with E-state index in [0.29, 0.717) is 19.5 Å². The number of pyridine rings is 1. The minimum Gasteiger partial charge on any atom is -0.354 e. The van der Waals surface area contributed by atoms with E-state index in [2.05, 4.69) is 35.0 Å². The Bertz CT molecular complexity index is 1010. The first-order chi connectivity index (χ1) is 15.0. The molecule has 1 saturated heterocycles. The lowest BCUT2D eigenvalue weighted by Crippen LogP contribution is -2.33. The van der Waals surface area contributed by atoms with Gasteiger partial charge in [-0.3, -0.25) is 25.3 Å². The van der Waals surface area contributed by atoms with Gasteiger partial charge in [0.25, 0.3) is 0 Å². The lowest BCUT2D eigenvalue weighted by atomic mass is 9.93. The highest BCUT2D eigenvalue weighted by Crippen LogP contribution is 2.26. The van der Waals surface area contributed by atoms with E-state index >= 15 is 0 Å². The maximum atomic E-state index is 13.3.